The fourth-order valence-electron chi connectivity index (χ4n) is 2.41. The van der Waals surface area contributed by atoms with Crippen LogP contribution >= 0.6 is 11.6 Å². The van der Waals surface area contributed by atoms with E-state index in [0.717, 1.165) is 10.6 Å². The maximum atomic E-state index is 11.8. The molecule has 19 heavy (non-hydrogen) atoms. The molecule has 1 amide bonds. The van der Waals surface area contributed by atoms with E-state index < -0.39 is 0 Å². The maximum Gasteiger partial charge on any atom is 0.225 e. The van der Waals surface area contributed by atoms with Gasteiger partial charge in [0, 0.05) is 11.6 Å². The van der Waals surface area contributed by atoms with Crippen molar-refractivity contribution in [2.45, 2.75) is 19.0 Å². The molecule has 0 radical (unpaired) electrons. The summed E-state index contributed by atoms with van der Waals surface area (Å²) in [6.45, 7) is 0.648. The number of β-lactam (4-membered cyclic amide) rings is 1. The van der Waals surface area contributed by atoms with E-state index >= 15 is 0 Å². The van der Waals surface area contributed by atoms with E-state index in [0.29, 0.717) is 13.0 Å². The summed E-state index contributed by atoms with van der Waals surface area (Å²) in [5.41, 5.74) is 2.31. The highest BCUT2D eigenvalue weighted by atomic mass is 35.5. The fraction of sp³-hybridized carbons (Fsp3) is 0.188. The highest BCUT2D eigenvalue weighted by Gasteiger charge is 2.36. The van der Waals surface area contributed by atoms with E-state index in [9.17, 15) is 4.79 Å². The van der Waals surface area contributed by atoms with Crippen LogP contribution in [0, 0.1) is 0 Å². The van der Waals surface area contributed by atoms with Gasteiger partial charge in [0.15, 0.2) is 0 Å². The molecule has 0 saturated carbocycles. The fourth-order valence-corrected chi connectivity index (χ4v) is 2.54. The number of likely N-dealkylation sites (tertiary alicyclic amines) is 1. The summed E-state index contributed by atoms with van der Waals surface area (Å²) in [5.74, 6) is 0.212. The third kappa shape index (κ3) is 2.49. The third-order valence-electron chi connectivity index (χ3n) is 3.52. The van der Waals surface area contributed by atoms with Crippen LogP contribution in [0.1, 0.15) is 23.6 Å². The van der Waals surface area contributed by atoms with Crippen LogP contribution in [-0.2, 0) is 11.3 Å². The lowest BCUT2D eigenvalue weighted by atomic mass is 9.93. The third-order valence-corrected chi connectivity index (χ3v) is 3.77. The average Bonchev–Trinajstić information content (AvgIpc) is 2.45. The summed E-state index contributed by atoms with van der Waals surface area (Å²) >= 11 is 5.87. The molecule has 3 rings (SSSR count). The number of benzene rings is 2. The molecule has 1 unspecified atom stereocenters. The summed E-state index contributed by atoms with van der Waals surface area (Å²) < 4.78 is 0. The number of amides is 1. The first-order chi connectivity index (χ1) is 9.24. The van der Waals surface area contributed by atoms with Crippen LogP contribution in [-0.4, -0.2) is 10.8 Å². The molecule has 0 bridgehead atoms. The van der Waals surface area contributed by atoms with Crippen LogP contribution < -0.4 is 0 Å². The highest BCUT2D eigenvalue weighted by Crippen LogP contribution is 2.35. The SMILES string of the molecule is O=C1CC(c2ccccc2)N1Cc1ccc(Cl)cc1. The molecule has 1 atom stereocenters. The van der Waals surface area contributed by atoms with Gasteiger partial charge in [-0.2, -0.15) is 0 Å². The van der Waals surface area contributed by atoms with Gasteiger partial charge in [0.25, 0.3) is 0 Å². The van der Waals surface area contributed by atoms with E-state index in [2.05, 4.69) is 12.1 Å². The second kappa shape index (κ2) is 5.06. The number of rotatable bonds is 3. The Hall–Kier alpha value is -1.80. The Kier molecular flexibility index (Phi) is 3.26. The molecule has 96 valence electrons. The number of carbonyl (C=O) groups excluding carboxylic acids is 1. The van der Waals surface area contributed by atoms with Crippen molar-refractivity contribution in [3.63, 3.8) is 0 Å². The van der Waals surface area contributed by atoms with Gasteiger partial charge in [-0.05, 0) is 23.3 Å². The van der Waals surface area contributed by atoms with Crippen LogP contribution in [0.4, 0.5) is 0 Å². The molecular weight excluding hydrogens is 258 g/mol. The monoisotopic (exact) mass is 271 g/mol. The first-order valence-electron chi connectivity index (χ1n) is 6.33. The molecule has 1 fully saturated rings. The predicted molar refractivity (Wildman–Crippen MR) is 75.8 cm³/mol. The number of halogens is 1. The topological polar surface area (TPSA) is 20.3 Å². The summed E-state index contributed by atoms with van der Waals surface area (Å²) in [7, 11) is 0. The van der Waals surface area contributed by atoms with Crippen LogP contribution in [0.15, 0.2) is 54.6 Å². The van der Waals surface area contributed by atoms with Gasteiger partial charge in [-0.25, -0.2) is 0 Å². The Labute approximate surface area is 117 Å². The normalized spacial score (nSPS) is 18.3. The van der Waals surface area contributed by atoms with Gasteiger partial charge < -0.3 is 4.90 Å². The molecule has 2 aromatic carbocycles. The first kappa shape index (κ1) is 12.2. The van der Waals surface area contributed by atoms with Crippen LogP contribution in [0.2, 0.25) is 5.02 Å². The zero-order valence-corrected chi connectivity index (χ0v) is 11.2. The van der Waals surface area contributed by atoms with Gasteiger partial charge in [-0.1, -0.05) is 54.1 Å². The molecule has 3 heteroatoms. The molecule has 1 heterocycles. The average molecular weight is 272 g/mol. The lowest BCUT2D eigenvalue weighted by Gasteiger charge is -2.41. The minimum absolute atomic E-state index is 0.212. The predicted octanol–water partition coefficient (Wildman–Crippen LogP) is 3.81. The zero-order chi connectivity index (χ0) is 13.2. The maximum absolute atomic E-state index is 11.8. The lowest BCUT2D eigenvalue weighted by molar-refractivity contribution is -0.147. The minimum Gasteiger partial charge on any atom is -0.331 e. The molecule has 0 spiro atoms. The van der Waals surface area contributed by atoms with Gasteiger partial charge in [0.05, 0.1) is 12.5 Å². The van der Waals surface area contributed by atoms with Crippen molar-refractivity contribution in [1.29, 1.82) is 0 Å². The standard InChI is InChI=1S/C16H14ClNO/c17-14-8-6-12(7-9-14)11-18-15(10-16(18)19)13-4-2-1-3-5-13/h1-9,15H,10-11H2. The minimum atomic E-state index is 0.212. The van der Waals surface area contributed by atoms with E-state index in [1.54, 1.807) is 0 Å². The van der Waals surface area contributed by atoms with E-state index in [-0.39, 0.29) is 11.9 Å². The second-order valence-corrected chi connectivity index (χ2v) is 5.22. The smallest absolute Gasteiger partial charge is 0.225 e. The molecule has 0 aliphatic carbocycles. The van der Waals surface area contributed by atoms with E-state index in [1.165, 1.54) is 5.56 Å². The summed E-state index contributed by atoms with van der Waals surface area (Å²) in [5, 5.41) is 0.721. The van der Waals surface area contributed by atoms with Gasteiger partial charge in [0.2, 0.25) is 5.91 Å². The Bertz CT molecular complexity index is 579. The molecule has 2 nitrogen and oxygen atoms in total. The Morgan fingerprint density at radius 1 is 1.05 bits per heavy atom. The zero-order valence-electron chi connectivity index (χ0n) is 10.4. The van der Waals surface area contributed by atoms with Crippen molar-refractivity contribution in [1.82, 2.24) is 4.90 Å². The summed E-state index contributed by atoms with van der Waals surface area (Å²) in [6.07, 6.45) is 0.609. The van der Waals surface area contributed by atoms with Gasteiger partial charge >= 0.3 is 0 Å². The molecular formula is C16H14ClNO. The van der Waals surface area contributed by atoms with Crippen molar-refractivity contribution in [3.8, 4) is 0 Å². The first-order valence-corrected chi connectivity index (χ1v) is 6.71. The van der Waals surface area contributed by atoms with Crippen LogP contribution in [0.25, 0.3) is 0 Å². The highest BCUT2D eigenvalue weighted by molar-refractivity contribution is 6.30. The number of carbonyl (C=O) groups is 1. The van der Waals surface area contributed by atoms with Crippen molar-refractivity contribution >= 4 is 17.5 Å². The Balaban J connectivity index is 1.76. The molecule has 0 aromatic heterocycles. The van der Waals surface area contributed by atoms with Gasteiger partial charge in [0.1, 0.15) is 0 Å². The van der Waals surface area contributed by atoms with E-state index in [4.69, 9.17) is 11.6 Å². The Morgan fingerprint density at radius 3 is 2.37 bits per heavy atom. The van der Waals surface area contributed by atoms with Gasteiger partial charge in [-0.15, -0.1) is 0 Å². The number of hydrogen-bond acceptors (Lipinski definition) is 1. The van der Waals surface area contributed by atoms with Crippen molar-refractivity contribution < 1.29 is 4.79 Å². The lowest BCUT2D eigenvalue weighted by Crippen LogP contribution is -2.45. The van der Waals surface area contributed by atoms with E-state index in [1.807, 2.05) is 47.4 Å². The largest absolute Gasteiger partial charge is 0.331 e. The molecule has 1 aliphatic rings. The number of nitrogens with zero attached hydrogens (tertiary/aromatic N) is 1. The summed E-state index contributed by atoms with van der Waals surface area (Å²) in [4.78, 5) is 13.7. The van der Waals surface area contributed by atoms with Crippen molar-refractivity contribution in [2.24, 2.45) is 0 Å². The van der Waals surface area contributed by atoms with Crippen LogP contribution in [0.5, 0.6) is 0 Å². The second-order valence-electron chi connectivity index (χ2n) is 4.78. The molecule has 1 saturated heterocycles. The molecule has 0 N–H and O–H groups in total. The number of hydrogen-bond donors (Lipinski definition) is 0. The molecule has 2 aromatic rings. The molecule has 1 aliphatic heterocycles. The Morgan fingerprint density at radius 2 is 1.74 bits per heavy atom. The summed E-state index contributed by atoms with van der Waals surface area (Å²) in [6, 6.07) is 18.0. The van der Waals surface area contributed by atoms with Gasteiger partial charge in [-0.3, -0.25) is 4.79 Å². The van der Waals surface area contributed by atoms with Crippen molar-refractivity contribution in [3.05, 3.63) is 70.7 Å². The van der Waals surface area contributed by atoms with Crippen molar-refractivity contribution in [2.75, 3.05) is 0 Å². The quantitative estimate of drug-likeness (QED) is 0.778. The van der Waals surface area contributed by atoms with Crippen LogP contribution in [0.3, 0.4) is 0 Å².